The standard InChI is InChI=1S/C12H21N3O2.ClH/c1-5-13-8(2)7-14-12(16)6-11-9(3)15-17-10(11)4;/h8,13H,5-7H2,1-4H3,(H,14,16);1H/t8-;/m1./s1. The summed E-state index contributed by atoms with van der Waals surface area (Å²) in [6, 6.07) is 0.286. The number of carbonyl (C=O) groups excluding carboxylic acids is 1. The smallest absolute Gasteiger partial charge is 0.224 e. The summed E-state index contributed by atoms with van der Waals surface area (Å²) in [5.74, 6) is 0.724. The fourth-order valence-corrected chi connectivity index (χ4v) is 1.66. The normalized spacial score (nSPS) is 11.8. The zero-order valence-corrected chi connectivity index (χ0v) is 12.2. The summed E-state index contributed by atoms with van der Waals surface area (Å²) in [6.07, 6.45) is 0.333. The third-order valence-electron chi connectivity index (χ3n) is 2.68. The molecule has 0 bridgehead atoms. The molecule has 1 aromatic heterocycles. The molecule has 1 rings (SSSR count). The van der Waals surface area contributed by atoms with Crippen LogP contribution in [-0.4, -0.2) is 30.2 Å². The molecule has 0 aliphatic carbocycles. The van der Waals surface area contributed by atoms with E-state index in [-0.39, 0.29) is 24.4 Å². The molecule has 6 heteroatoms. The van der Waals surface area contributed by atoms with Gasteiger partial charge in [-0.3, -0.25) is 4.79 Å². The molecule has 104 valence electrons. The molecule has 1 amide bonds. The van der Waals surface area contributed by atoms with Crippen LogP contribution < -0.4 is 10.6 Å². The van der Waals surface area contributed by atoms with Gasteiger partial charge in [0.25, 0.3) is 0 Å². The zero-order valence-electron chi connectivity index (χ0n) is 11.4. The van der Waals surface area contributed by atoms with Crippen molar-refractivity contribution in [2.45, 2.75) is 40.2 Å². The van der Waals surface area contributed by atoms with Gasteiger partial charge < -0.3 is 15.2 Å². The van der Waals surface area contributed by atoms with Crippen molar-refractivity contribution in [3.05, 3.63) is 17.0 Å². The molecule has 18 heavy (non-hydrogen) atoms. The van der Waals surface area contributed by atoms with Crippen LogP contribution in [0.4, 0.5) is 0 Å². The van der Waals surface area contributed by atoms with Crippen molar-refractivity contribution in [2.75, 3.05) is 13.1 Å². The Morgan fingerprint density at radius 3 is 2.61 bits per heavy atom. The molecule has 0 radical (unpaired) electrons. The fraction of sp³-hybridized carbons (Fsp3) is 0.667. The van der Waals surface area contributed by atoms with E-state index in [0.29, 0.717) is 13.0 Å². The Bertz CT molecular complexity index is 360. The number of hydrogen-bond acceptors (Lipinski definition) is 4. The van der Waals surface area contributed by atoms with E-state index in [4.69, 9.17) is 4.52 Å². The van der Waals surface area contributed by atoms with Gasteiger partial charge in [0.05, 0.1) is 12.1 Å². The number of carbonyl (C=O) groups is 1. The van der Waals surface area contributed by atoms with Gasteiger partial charge in [-0.15, -0.1) is 12.4 Å². The first-order valence-corrected chi connectivity index (χ1v) is 5.96. The van der Waals surface area contributed by atoms with Gasteiger partial charge in [-0.05, 0) is 27.3 Å². The molecule has 0 spiro atoms. The van der Waals surface area contributed by atoms with Gasteiger partial charge in [-0.25, -0.2) is 0 Å². The number of likely N-dealkylation sites (N-methyl/N-ethyl adjacent to an activating group) is 1. The van der Waals surface area contributed by atoms with Crippen LogP contribution >= 0.6 is 12.4 Å². The minimum atomic E-state index is 0. The van der Waals surface area contributed by atoms with E-state index in [1.165, 1.54) is 0 Å². The monoisotopic (exact) mass is 275 g/mol. The highest BCUT2D eigenvalue weighted by molar-refractivity contribution is 5.85. The van der Waals surface area contributed by atoms with Crippen LogP contribution in [0.5, 0.6) is 0 Å². The highest BCUT2D eigenvalue weighted by Gasteiger charge is 2.13. The van der Waals surface area contributed by atoms with E-state index in [9.17, 15) is 4.79 Å². The molecule has 2 N–H and O–H groups in total. The molecular formula is C12H22ClN3O2. The van der Waals surface area contributed by atoms with Gasteiger partial charge in [-0.2, -0.15) is 0 Å². The molecule has 5 nitrogen and oxygen atoms in total. The Hall–Kier alpha value is -1.07. The number of nitrogens with one attached hydrogen (secondary N) is 2. The summed E-state index contributed by atoms with van der Waals surface area (Å²) >= 11 is 0. The van der Waals surface area contributed by atoms with E-state index < -0.39 is 0 Å². The zero-order chi connectivity index (χ0) is 12.8. The SMILES string of the molecule is CCN[C@H](C)CNC(=O)Cc1c(C)noc1C.Cl. The third-order valence-corrected chi connectivity index (χ3v) is 2.68. The predicted molar refractivity (Wildman–Crippen MR) is 73.1 cm³/mol. The Morgan fingerprint density at radius 1 is 1.44 bits per heavy atom. The average molecular weight is 276 g/mol. The van der Waals surface area contributed by atoms with Gasteiger partial charge in [0.1, 0.15) is 5.76 Å². The lowest BCUT2D eigenvalue weighted by Crippen LogP contribution is -2.39. The van der Waals surface area contributed by atoms with Crippen LogP contribution in [0.25, 0.3) is 0 Å². The molecule has 0 unspecified atom stereocenters. The minimum absolute atomic E-state index is 0. The lowest BCUT2D eigenvalue weighted by atomic mass is 10.1. The summed E-state index contributed by atoms with van der Waals surface area (Å²) in [4.78, 5) is 11.7. The number of nitrogens with zero attached hydrogens (tertiary/aromatic N) is 1. The quantitative estimate of drug-likeness (QED) is 0.823. The number of halogens is 1. The number of aromatic nitrogens is 1. The number of hydrogen-bond donors (Lipinski definition) is 2. The van der Waals surface area contributed by atoms with Crippen LogP contribution in [-0.2, 0) is 11.2 Å². The van der Waals surface area contributed by atoms with Crippen LogP contribution in [0.2, 0.25) is 0 Å². The molecule has 0 aromatic carbocycles. The predicted octanol–water partition coefficient (Wildman–Crippen LogP) is 1.37. The van der Waals surface area contributed by atoms with E-state index in [1.54, 1.807) is 0 Å². The topological polar surface area (TPSA) is 67.2 Å². The second-order valence-corrected chi connectivity index (χ2v) is 4.24. The van der Waals surface area contributed by atoms with Crippen molar-refractivity contribution in [2.24, 2.45) is 0 Å². The number of aryl methyl sites for hydroxylation is 2. The summed E-state index contributed by atoms with van der Waals surface area (Å²) < 4.78 is 5.02. The van der Waals surface area contributed by atoms with Gasteiger partial charge in [0.2, 0.25) is 5.91 Å². The van der Waals surface area contributed by atoms with Crippen molar-refractivity contribution in [1.29, 1.82) is 0 Å². The maximum absolute atomic E-state index is 11.7. The average Bonchev–Trinajstić information content (AvgIpc) is 2.58. The van der Waals surface area contributed by atoms with Crippen LogP contribution in [0.3, 0.4) is 0 Å². The van der Waals surface area contributed by atoms with Gasteiger partial charge >= 0.3 is 0 Å². The van der Waals surface area contributed by atoms with Crippen molar-refractivity contribution >= 4 is 18.3 Å². The fourth-order valence-electron chi connectivity index (χ4n) is 1.66. The van der Waals surface area contributed by atoms with E-state index in [2.05, 4.69) is 15.8 Å². The van der Waals surface area contributed by atoms with Crippen LogP contribution in [0, 0.1) is 13.8 Å². The first kappa shape index (κ1) is 16.9. The van der Waals surface area contributed by atoms with E-state index in [0.717, 1.165) is 23.6 Å². The van der Waals surface area contributed by atoms with Crippen molar-refractivity contribution in [3.63, 3.8) is 0 Å². The van der Waals surface area contributed by atoms with Gasteiger partial charge in [0.15, 0.2) is 0 Å². The molecule has 0 saturated carbocycles. The molecule has 0 saturated heterocycles. The lowest BCUT2D eigenvalue weighted by molar-refractivity contribution is -0.120. The number of amides is 1. The lowest BCUT2D eigenvalue weighted by Gasteiger charge is -2.13. The Morgan fingerprint density at radius 2 is 2.11 bits per heavy atom. The summed E-state index contributed by atoms with van der Waals surface area (Å²) in [7, 11) is 0. The highest BCUT2D eigenvalue weighted by Crippen LogP contribution is 2.12. The van der Waals surface area contributed by atoms with Gasteiger partial charge in [-0.1, -0.05) is 12.1 Å². The minimum Gasteiger partial charge on any atom is -0.361 e. The maximum atomic E-state index is 11.7. The first-order valence-electron chi connectivity index (χ1n) is 5.96. The molecule has 1 aromatic rings. The second kappa shape index (κ2) is 8.11. The molecular weight excluding hydrogens is 254 g/mol. The van der Waals surface area contributed by atoms with Crippen molar-refractivity contribution in [3.8, 4) is 0 Å². The molecule has 0 aliphatic rings. The van der Waals surface area contributed by atoms with E-state index >= 15 is 0 Å². The maximum Gasteiger partial charge on any atom is 0.224 e. The first-order chi connectivity index (χ1) is 8.04. The third kappa shape index (κ3) is 5.06. The summed E-state index contributed by atoms with van der Waals surface area (Å²) in [6.45, 7) is 9.29. The summed E-state index contributed by atoms with van der Waals surface area (Å²) in [5, 5.41) is 9.95. The molecule has 1 heterocycles. The Balaban J connectivity index is 0.00000289. The highest BCUT2D eigenvalue weighted by atomic mass is 35.5. The summed E-state index contributed by atoms with van der Waals surface area (Å²) in [5.41, 5.74) is 1.68. The molecule has 0 aliphatic heterocycles. The molecule has 1 atom stereocenters. The van der Waals surface area contributed by atoms with Crippen LogP contribution in [0.1, 0.15) is 30.9 Å². The largest absolute Gasteiger partial charge is 0.361 e. The Kier molecular flexibility index (Phi) is 7.62. The van der Waals surface area contributed by atoms with Crippen molar-refractivity contribution in [1.82, 2.24) is 15.8 Å². The van der Waals surface area contributed by atoms with Crippen molar-refractivity contribution < 1.29 is 9.32 Å². The van der Waals surface area contributed by atoms with Gasteiger partial charge in [0, 0.05) is 18.2 Å². The molecule has 0 fully saturated rings. The van der Waals surface area contributed by atoms with E-state index in [1.807, 2.05) is 27.7 Å². The number of rotatable bonds is 6. The second-order valence-electron chi connectivity index (χ2n) is 4.24. The Labute approximate surface area is 114 Å². The van der Waals surface area contributed by atoms with Crippen LogP contribution in [0.15, 0.2) is 4.52 Å².